The number of benzene rings is 1. The van der Waals surface area contributed by atoms with E-state index < -0.39 is 0 Å². The molecule has 0 heterocycles. The van der Waals surface area contributed by atoms with E-state index in [1.54, 1.807) is 6.07 Å². The Morgan fingerprint density at radius 3 is 2.47 bits per heavy atom. The van der Waals surface area contributed by atoms with Crippen LogP contribution in [0.4, 0.5) is 4.39 Å². The largest absolute Gasteiger partial charge is 0.271 e. The maximum Gasteiger partial charge on any atom is 0.136 e. The predicted molar refractivity (Wildman–Crippen MR) is 81.5 cm³/mol. The van der Waals surface area contributed by atoms with Gasteiger partial charge in [0.2, 0.25) is 0 Å². The van der Waals surface area contributed by atoms with Gasteiger partial charge in [0.25, 0.3) is 0 Å². The first kappa shape index (κ1) is 16.5. The zero-order valence-electron chi connectivity index (χ0n) is 12.0. The van der Waals surface area contributed by atoms with Gasteiger partial charge in [0.05, 0.1) is 0 Å². The van der Waals surface area contributed by atoms with Crippen molar-refractivity contribution in [3.63, 3.8) is 0 Å². The molecule has 0 aliphatic carbocycles. The first-order valence-corrected chi connectivity index (χ1v) is 7.85. The van der Waals surface area contributed by atoms with Crippen LogP contribution in [-0.4, -0.2) is 11.8 Å². The zero-order chi connectivity index (χ0) is 14.3. The van der Waals surface area contributed by atoms with Gasteiger partial charge in [0.1, 0.15) is 5.82 Å². The van der Waals surface area contributed by atoms with Gasteiger partial charge in [-0.3, -0.25) is 11.3 Å². The van der Waals surface area contributed by atoms with Gasteiger partial charge in [0, 0.05) is 16.7 Å². The molecule has 0 aliphatic rings. The lowest BCUT2D eigenvalue weighted by Crippen LogP contribution is -2.38. The van der Waals surface area contributed by atoms with Crippen molar-refractivity contribution in [2.24, 2.45) is 17.7 Å². The van der Waals surface area contributed by atoms with Gasteiger partial charge in [-0.05, 0) is 36.8 Å². The maximum absolute atomic E-state index is 13.5. The normalized spacial score (nSPS) is 14.6. The maximum atomic E-state index is 13.5. The molecule has 0 spiro atoms. The van der Waals surface area contributed by atoms with Crippen LogP contribution in [0.1, 0.15) is 33.6 Å². The number of hydrogen-bond acceptors (Lipinski definition) is 3. The van der Waals surface area contributed by atoms with Crippen molar-refractivity contribution < 1.29 is 4.39 Å². The van der Waals surface area contributed by atoms with Gasteiger partial charge in [-0.2, -0.15) is 0 Å². The summed E-state index contributed by atoms with van der Waals surface area (Å²) in [7, 11) is 0. The van der Waals surface area contributed by atoms with Crippen molar-refractivity contribution in [2.45, 2.75) is 44.6 Å². The fraction of sp³-hybridized carbons (Fsp3) is 0.600. The number of halogens is 1. The Labute approximate surface area is 120 Å². The van der Waals surface area contributed by atoms with E-state index in [9.17, 15) is 4.39 Å². The lowest BCUT2D eigenvalue weighted by Gasteiger charge is -2.21. The topological polar surface area (TPSA) is 38.0 Å². The number of hydrazine groups is 1. The number of rotatable bonds is 8. The molecule has 0 amide bonds. The highest BCUT2D eigenvalue weighted by Crippen LogP contribution is 2.24. The van der Waals surface area contributed by atoms with Crippen molar-refractivity contribution in [1.82, 2.24) is 5.43 Å². The van der Waals surface area contributed by atoms with Gasteiger partial charge in [0.15, 0.2) is 0 Å². The Hall–Kier alpha value is -0.580. The minimum Gasteiger partial charge on any atom is -0.271 e. The molecule has 108 valence electrons. The molecule has 0 fully saturated rings. The molecule has 0 saturated carbocycles. The second-order valence-electron chi connectivity index (χ2n) is 5.58. The van der Waals surface area contributed by atoms with Crippen molar-refractivity contribution in [1.29, 1.82) is 0 Å². The summed E-state index contributed by atoms with van der Waals surface area (Å²) in [5.74, 6) is 7.56. The Balaban J connectivity index is 2.42. The van der Waals surface area contributed by atoms with E-state index in [1.165, 1.54) is 24.2 Å². The van der Waals surface area contributed by atoms with E-state index in [0.717, 1.165) is 12.2 Å². The number of nitrogens with two attached hydrogens (primary N) is 1. The lowest BCUT2D eigenvalue weighted by molar-refractivity contribution is 0.369. The highest BCUT2D eigenvalue weighted by molar-refractivity contribution is 7.99. The standard InChI is InChI=1S/C15H25FN2S/c1-11(2)8-12(3)9-13(18-17)10-19-15-7-5-4-6-14(15)16/h4-7,11-13,18H,8-10,17H2,1-3H3. The van der Waals surface area contributed by atoms with Gasteiger partial charge in [-0.25, -0.2) is 4.39 Å². The van der Waals surface area contributed by atoms with Gasteiger partial charge >= 0.3 is 0 Å². The Bertz CT molecular complexity index is 371. The van der Waals surface area contributed by atoms with Crippen LogP contribution in [0, 0.1) is 17.7 Å². The molecule has 1 aromatic rings. The minimum atomic E-state index is -0.154. The molecule has 2 nitrogen and oxygen atoms in total. The first-order chi connectivity index (χ1) is 9.02. The summed E-state index contributed by atoms with van der Waals surface area (Å²) < 4.78 is 13.5. The molecular weight excluding hydrogens is 259 g/mol. The van der Waals surface area contributed by atoms with Crippen LogP contribution >= 0.6 is 11.8 Å². The average Bonchev–Trinajstić information content (AvgIpc) is 2.35. The highest BCUT2D eigenvalue weighted by Gasteiger charge is 2.14. The molecule has 0 aliphatic heterocycles. The predicted octanol–water partition coefficient (Wildman–Crippen LogP) is 3.82. The molecular formula is C15H25FN2S. The van der Waals surface area contributed by atoms with Crippen LogP contribution in [0.15, 0.2) is 29.2 Å². The van der Waals surface area contributed by atoms with E-state index in [1.807, 2.05) is 12.1 Å². The second kappa shape index (κ2) is 8.56. The third-order valence-corrected chi connectivity index (χ3v) is 4.28. The van der Waals surface area contributed by atoms with E-state index in [-0.39, 0.29) is 11.9 Å². The third-order valence-electron chi connectivity index (χ3n) is 3.07. The summed E-state index contributed by atoms with van der Waals surface area (Å²) in [6.45, 7) is 6.71. The zero-order valence-corrected chi connectivity index (χ0v) is 12.8. The Kier molecular flexibility index (Phi) is 7.42. The molecule has 4 heteroatoms. The second-order valence-corrected chi connectivity index (χ2v) is 6.64. The van der Waals surface area contributed by atoms with Crippen molar-refractivity contribution in [3.8, 4) is 0 Å². The molecule has 0 bridgehead atoms. The van der Waals surface area contributed by atoms with Crippen molar-refractivity contribution in [2.75, 3.05) is 5.75 Å². The summed E-state index contributed by atoms with van der Waals surface area (Å²) in [5.41, 5.74) is 2.85. The lowest BCUT2D eigenvalue weighted by atomic mass is 9.93. The summed E-state index contributed by atoms with van der Waals surface area (Å²) >= 11 is 1.52. The Morgan fingerprint density at radius 2 is 1.89 bits per heavy atom. The number of nitrogens with one attached hydrogen (secondary N) is 1. The van der Waals surface area contributed by atoms with E-state index in [4.69, 9.17) is 5.84 Å². The average molecular weight is 284 g/mol. The number of thioether (sulfide) groups is 1. The van der Waals surface area contributed by atoms with Crippen LogP contribution in [-0.2, 0) is 0 Å². The highest BCUT2D eigenvalue weighted by atomic mass is 32.2. The molecule has 0 radical (unpaired) electrons. The van der Waals surface area contributed by atoms with E-state index >= 15 is 0 Å². The molecule has 2 atom stereocenters. The SMILES string of the molecule is CC(C)CC(C)CC(CSc1ccccc1F)NN. The van der Waals surface area contributed by atoms with E-state index in [2.05, 4.69) is 26.2 Å². The van der Waals surface area contributed by atoms with Crippen LogP contribution in [0.25, 0.3) is 0 Å². The third kappa shape index (κ3) is 6.41. The monoisotopic (exact) mass is 284 g/mol. The first-order valence-electron chi connectivity index (χ1n) is 6.86. The van der Waals surface area contributed by atoms with Crippen molar-refractivity contribution >= 4 is 11.8 Å². The summed E-state index contributed by atoms with van der Waals surface area (Å²) in [5, 5.41) is 0. The Morgan fingerprint density at radius 1 is 1.21 bits per heavy atom. The molecule has 3 N–H and O–H groups in total. The van der Waals surface area contributed by atoms with Gasteiger partial charge < -0.3 is 0 Å². The van der Waals surface area contributed by atoms with Crippen LogP contribution in [0.2, 0.25) is 0 Å². The van der Waals surface area contributed by atoms with Crippen LogP contribution in [0.5, 0.6) is 0 Å². The molecule has 2 unspecified atom stereocenters. The van der Waals surface area contributed by atoms with Crippen molar-refractivity contribution in [3.05, 3.63) is 30.1 Å². The fourth-order valence-electron chi connectivity index (χ4n) is 2.32. The number of hydrogen-bond donors (Lipinski definition) is 2. The summed E-state index contributed by atoms with van der Waals surface area (Å²) in [6.07, 6.45) is 2.22. The summed E-state index contributed by atoms with van der Waals surface area (Å²) in [4.78, 5) is 0.694. The smallest absolute Gasteiger partial charge is 0.136 e. The minimum absolute atomic E-state index is 0.154. The molecule has 19 heavy (non-hydrogen) atoms. The molecule has 0 aromatic heterocycles. The van der Waals surface area contributed by atoms with Gasteiger partial charge in [-0.1, -0.05) is 32.9 Å². The molecule has 1 aromatic carbocycles. The van der Waals surface area contributed by atoms with Gasteiger partial charge in [-0.15, -0.1) is 11.8 Å². The van der Waals surface area contributed by atoms with Crippen LogP contribution in [0.3, 0.4) is 0 Å². The molecule has 0 saturated heterocycles. The quantitative estimate of drug-likeness (QED) is 0.433. The summed E-state index contributed by atoms with van der Waals surface area (Å²) in [6, 6.07) is 7.10. The molecule has 1 rings (SSSR count). The van der Waals surface area contributed by atoms with Crippen LogP contribution < -0.4 is 11.3 Å². The van der Waals surface area contributed by atoms with E-state index in [0.29, 0.717) is 16.7 Å². The fourth-order valence-corrected chi connectivity index (χ4v) is 3.32.